The van der Waals surface area contributed by atoms with Gasteiger partial charge >= 0.3 is 0 Å². The molecule has 1 aromatic carbocycles. The summed E-state index contributed by atoms with van der Waals surface area (Å²) in [7, 11) is 0. The first kappa shape index (κ1) is 7.19. The van der Waals surface area contributed by atoms with Gasteiger partial charge in [0, 0.05) is 4.47 Å². The molecule has 0 amide bonds. The Labute approximate surface area is 66.7 Å². The van der Waals surface area contributed by atoms with Crippen molar-refractivity contribution in [1.29, 1.82) is 0 Å². The fourth-order valence-electron chi connectivity index (χ4n) is 0.568. The van der Waals surface area contributed by atoms with Crippen LogP contribution in [0.1, 0.15) is 0 Å². The molecular formula is C7H4BrNO. The van der Waals surface area contributed by atoms with Crippen molar-refractivity contribution in [1.82, 2.24) is 0 Å². The van der Waals surface area contributed by atoms with E-state index in [4.69, 9.17) is 0 Å². The first-order chi connectivity index (χ1) is 4.83. The second-order valence-corrected chi connectivity index (χ2v) is 2.60. The van der Waals surface area contributed by atoms with Crippen molar-refractivity contribution in [2.45, 2.75) is 0 Å². The standard InChI is InChI=1S/C7H4BrNO/c8-6-1-3-7(4-2-6)9-5-10/h1-4H/i5-1. The zero-order chi connectivity index (χ0) is 7.40. The van der Waals surface area contributed by atoms with Crippen molar-refractivity contribution in [2.75, 3.05) is 0 Å². The third-order valence-electron chi connectivity index (χ3n) is 1.00. The molecule has 0 radical (unpaired) electrons. The summed E-state index contributed by atoms with van der Waals surface area (Å²) >= 11 is 3.26. The summed E-state index contributed by atoms with van der Waals surface area (Å²) < 4.78 is 0.970. The average molecular weight is 197 g/mol. The molecular weight excluding hydrogens is 193 g/mol. The smallest absolute Gasteiger partial charge is 0.211 e. The fourth-order valence-corrected chi connectivity index (χ4v) is 0.833. The Morgan fingerprint density at radius 1 is 1.30 bits per heavy atom. The van der Waals surface area contributed by atoms with Gasteiger partial charge in [0.1, 0.15) is 0 Å². The third kappa shape index (κ3) is 1.79. The Morgan fingerprint density at radius 2 is 1.90 bits per heavy atom. The van der Waals surface area contributed by atoms with Crippen LogP contribution in [0.2, 0.25) is 0 Å². The van der Waals surface area contributed by atoms with Crippen LogP contribution in [0.25, 0.3) is 0 Å². The molecule has 0 aromatic heterocycles. The van der Waals surface area contributed by atoms with Crippen LogP contribution in [0.3, 0.4) is 0 Å². The third-order valence-corrected chi connectivity index (χ3v) is 1.53. The molecule has 0 bridgehead atoms. The van der Waals surface area contributed by atoms with Crippen LogP contribution in [0.15, 0.2) is 33.7 Å². The molecule has 0 fully saturated rings. The van der Waals surface area contributed by atoms with Gasteiger partial charge in [0.2, 0.25) is 6.08 Å². The lowest BCUT2D eigenvalue weighted by molar-refractivity contribution is 0.565. The van der Waals surface area contributed by atoms with Crippen molar-refractivity contribution < 1.29 is 4.79 Å². The Kier molecular flexibility index (Phi) is 2.37. The lowest BCUT2D eigenvalue weighted by Gasteiger charge is -1.88. The predicted octanol–water partition coefficient (Wildman–Crippen LogP) is 2.42. The molecule has 0 saturated carbocycles. The molecule has 0 aliphatic rings. The van der Waals surface area contributed by atoms with Crippen LogP contribution in [-0.2, 0) is 4.79 Å². The number of hydrogen-bond acceptors (Lipinski definition) is 2. The molecule has 0 saturated heterocycles. The number of halogens is 1. The largest absolute Gasteiger partial charge is 0.240 e. The molecule has 0 spiro atoms. The number of isocyanates is 1. The molecule has 3 heteroatoms. The molecule has 10 heavy (non-hydrogen) atoms. The summed E-state index contributed by atoms with van der Waals surface area (Å²) in [6.45, 7) is 0. The maximum absolute atomic E-state index is 9.76. The Hall–Kier alpha value is -0.920. The molecule has 1 aromatic rings. The van der Waals surface area contributed by atoms with Gasteiger partial charge in [-0.1, -0.05) is 15.9 Å². The topological polar surface area (TPSA) is 29.4 Å². The van der Waals surface area contributed by atoms with Gasteiger partial charge in [0.15, 0.2) is 0 Å². The van der Waals surface area contributed by atoms with E-state index in [1.807, 2.05) is 12.1 Å². The van der Waals surface area contributed by atoms with Gasteiger partial charge in [-0.25, -0.2) is 4.79 Å². The maximum Gasteiger partial charge on any atom is 0.240 e. The second-order valence-electron chi connectivity index (χ2n) is 1.68. The van der Waals surface area contributed by atoms with E-state index in [2.05, 4.69) is 20.9 Å². The lowest BCUT2D eigenvalue weighted by Crippen LogP contribution is -1.63. The number of aliphatic imine (C=N–C) groups is 1. The quantitative estimate of drug-likeness (QED) is 0.502. The van der Waals surface area contributed by atoms with Crippen molar-refractivity contribution in [3.05, 3.63) is 28.7 Å². The van der Waals surface area contributed by atoms with Gasteiger partial charge in [-0.05, 0) is 24.3 Å². The van der Waals surface area contributed by atoms with E-state index >= 15 is 0 Å². The first-order valence-electron chi connectivity index (χ1n) is 2.66. The van der Waals surface area contributed by atoms with E-state index in [1.54, 1.807) is 12.1 Å². The maximum atomic E-state index is 9.76. The molecule has 0 unspecified atom stereocenters. The minimum atomic E-state index is 0.623. The zero-order valence-electron chi connectivity index (χ0n) is 5.04. The summed E-state index contributed by atoms with van der Waals surface area (Å²) in [5, 5.41) is 0. The Morgan fingerprint density at radius 3 is 2.40 bits per heavy atom. The van der Waals surface area contributed by atoms with E-state index in [0.717, 1.165) is 4.47 Å². The summed E-state index contributed by atoms with van der Waals surface area (Å²) in [6.07, 6.45) is 1.46. The van der Waals surface area contributed by atoms with E-state index in [9.17, 15) is 4.79 Å². The van der Waals surface area contributed by atoms with E-state index in [1.165, 1.54) is 6.08 Å². The van der Waals surface area contributed by atoms with Crippen LogP contribution >= 0.6 is 15.9 Å². The van der Waals surface area contributed by atoms with Gasteiger partial charge in [-0.2, -0.15) is 4.99 Å². The van der Waals surface area contributed by atoms with Crippen LogP contribution in [0.5, 0.6) is 0 Å². The van der Waals surface area contributed by atoms with Gasteiger partial charge in [0.05, 0.1) is 5.69 Å². The van der Waals surface area contributed by atoms with Crippen LogP contribution in [0.4, 0.5) is 5.69 Å². The number of carbonyl (C=O) groups excluding carboxylic acids is 1. The van der Waals surface area contributed by atoms with Gasteiger partial charge in [-0.3, -0.25) is 0 Å². The molecule has 0 N–H and O–H groups in total. The number of rotatable bonds is 1. The van der Waals surface area contributed by atoms with Gasteiger partial charge in [0.25, 0.3) is 0 Å². The minimum Gasteiger partial charge on any atom is -0.211 e. The summed E-state index contributed by atoms with van der Waals surface area (Å²) in [5.41, 5.74) is 0.623. The van der Waals surface area contributed by atoms with Crippen LogP contribution < -0.4 is 0 Å². The van der Waals surface area contributed by atoms with Crippen molar-refractivity contribution in [3.8, 4) is 0 Å². The van der Waals surface area contributed by atoms with Gasteiger partial charge in [-0.15, -0.1) is 0 Å². The summed E-state index contributed by atoms with van der Waals surface area (Å²) in [5.74, 6) is 0. The second kappa shape index (κ2) is 3.30. The molecule has 0 aliphatic heterocycles. The molecule has 0 aliphatic carbocycles. The summed E-state index contributed by atoms with van der Waals surface area (Å²) in [6, 6.07) is 7.09. The van der Waals surface area contributed by atoms with Gasteiger partial charge < -0.3 is 0 Å². The van der Waals surface area contributed by atoms with Crippen LogP contribution in [0, 0.1) is 0 Å². The number of hydrogen-bond donors (Lipinski definition) is 0. The fraction of sp³-hybridized carbons (Fsp3) is 0. The molecule has 50 valence electrons. The lowest BCUT2D eigenvalue weighted by atomic mass is 10.3. The van der Waals surface area contributed by atoms with Crippen molar-refractivity contribution >= 4 is 27.7 Å². The molecule has 0 atom stereocenters. The predicted molar refractivity (Wildman–Crippen MR) is 41.9 cm³/mol. The van der Waals surface area contributed by atoms with E-state index < -0.39 is 0 Å². The highest BCUT2D eigenvalue weighted by Gasteiger charge is 1.86. The number of nitrogens with zero attached hydrogens (tertiary/aromatic N) is 1. The number of benzene rings is 1. The average Bonchev–Trinajstić information content (AvgIpc) is 1.95. The molecule has 2 nitrogen and oxygen atoms in total. The van der Waals surface area contributed by atoms with E-state index in [0.29, 0.717) is 5.69 Å². The monoisotopic (exact) mass is 196 g/mol. The first-order valence-corrected chi connectivity index (χ1v) is 3.45. The van der Waals surface area contributed by atoms with Crippen LogP contribution in [-0.4, -0.2) is 6.08 Å². The summed E-state index contributed by atoms with van der Waals surface area (Å²) in [4.78, 5) is 13.2. The van der Waals surface area contributed by atoms with Crippen molar-refractivity contribution in [3.63, 3.8) is 0 Å². The Bertz CT molecular complexity index is 261. The zero-order valence-corrected chi connectivity index (χ0v) is 6.63. The molecule has 0 heterocycles. The Balaban J connectivity index is 3.00. The van der Waals surface area contributed by atoms with Crippen molar-refractivity contribution in [2.24, 2.45) is 4.99 Å². The highest BCUT2D eigenvalue weighted by Crippen LogP contribution is 2.15. The molecule has 1 rings (SSSR count). The normalized spacial score (nSPS) is 8.50. The van der Waals surface area contributed by atoms with E-state index in [-0.39, 0.29) is 0 Å². The SMILES string of the molecule is O=[11C]=Nc1ccc(Br)cc1. The minimum absolute atomic E-state index is 0.623. The highest BCUT2D eigenvalue weighted by molar-refractivity contribution is 9.10. The highest BCUT2D eigenvalue weighted by atomic mass is 79.9.